The average Bonchev–Trinajstić information content (AvgIpc) is 2.76. The van der Waals surface area contributed by atoms with Gasteiger partial charge in [0, 0.05) is 22.0 Å². The first-order valence-corrected chi connectivity index (χ1v) is 9.14. The van der Waals surface area contributed by atoms with Gasteiger partial charge in [-0.05, 0) is 31.5 Å². The molecule has 0 aliphatic heterocycles. The quantitative estimate of drug-likeness (QED) is 0.789. The summed E-state index contributed by atoms with van der Waals surface area (Å²) in [7, 11) is 1.61. The molecule has 0 N–H and O–H groups in total. The van der Waals surface area contributed by atoms with Gasteiger partial charge in [0.05, 0.1) is 17.8 Å². The highest BCUT2D eigenvalue weighted by molar-refractivity contribution is 8.13. The van der Waals surface area contributed by atoms with Gasteiger partial charge in [-0.15, -0.1) is 11.3 Å². The first kappa shape index (κ1) is 15.3. The number of thiazole rings is 1. The summed E-state index contributed by atoms with van der Waals surface area (Å²) < 4.78 is 28.6. The summed E-state index contributed by atoms with van der Waals surface area (Å²) in [6, 6.07) is 4.93. The molecule has 0 radical (unpaired) electrons. The first-order chi connectivity index (χ1) is 9.38. The van der Waals surface area contributed by atoms with Crippen molar-refractivity contribution in [2.24, 2.45) is 0 Å². The Balaban J connectivity index is 2.12. The van der Waals surface area contributed by atoms with Crippen LogP contribution in [0, 0.1) is 13.8 Å². The van der Waals surface area contributed by atoms with Crippen LogP contribution in [-0.4, -0.2) is 20.0 Å². The van der Waals surface area contributed by atoms with Crippen molar-refractivity contribution in [1.29, 1.82) is 0 Å². The van der Waals surface area contributed by atoms with Crippen LogP contribution < -0.4 is 4.74 Å². The molecule has 0 bridgehead atoms. The zero-order chi connectivity index (χ0) is 14.8. The molecule has 108 valence electrons. The van der Waals surface area contributed by atoms with Crippen LogP contribution in [-0.2, 0) is 15.5 Å². The van der Waals surface area contributed by atoms with Crippen molar-refractivity contribution >= 4 is 31.1 Å². The van der Waals surface area contributed by atoms with Crippen LogP contribution >= 0.6 is 22.0 Å². The monoisotopic (exact) mass is 331 g/mol. The fourth-order valence-electron chi connectivity index (χ4n) is 1.74. The van der Waals surface area contributed by atoms with Gasteiger partial charge in [-0.2, -0.15) is 0 Å². The molecule has 1 aromatic heterocycles. The summed E-state index contributed by atoms with van der Waals surface area (Å²) in [5.74, 6) is 0.285. The van der Waals surface area contributed by atoms with E-state index in [1.54, 1.807) is 35.9 Å². The Labute approximate surface area is 126 Å². The molecule has 0 unspecified atom stereocenters. The Kier molecular flexibility index (Phi) is 4.67. The standard InChI is InChI=1S/C13H14ClNO3S2/c1-9-3-4-11(13(7-9)20(14,16)17)18-6-5-12-10(2)15-8-19-12/h3-4,7-8H,5-6H2,1-2H3. The second-order valence-corrected chi connectivity index (χ2v) is 7.82. The van der Waals surface area contributed by atoms with Crippen LogP contribution in [0.15, 0.2) is 28.6 Å². The number of hydrogen-bond acceptors (Lipinski definition) is 5. The van der Waals surface area contributed by atoms with E-state index in [2.05, 4.69) is 4.98 Å². The van der Waals surface area contributed by atoms with Gasteiger partial charge < -0.3 is 4.74 Å². The molecule has 0 aliphatic rings. The molecule has 0 saturated heterocycles. The molecular formula is C13H14ClNO3S2. The van der Waals surface area contributed by atoms with Crippen molar-refractivity contribution in [1.82, 2.24) is 4.98 Å². The van der Waals surface area contributed by atoms with Gasteiger partial charge in [-0.1, -0.05) is 6.07 Å². The predicted octanol–water partition coefficient (Wildman–Crippen LogP) is 3.31. The third-order valence-electron chi connectivity index (χ3n) is 2.79. The third-order valence-corrected chi connectivity index (χ3v) is 5.13. The third kappa shape index (κ3) is 3.71. The molecule has 20 heavy (non-hydrogen) atoms. The molecule has 0 fully saturated rings. The minimum Gasteiger partial charge on any atom is -0.492 e. The van der Waals surface area contributed by atoms with E-state index >= 15 is 0 Å². The molecule has 4 nitrogen and oxygen atoms in total. The summed E-state index contributed by atoms with van der Waals surface area (Å²) in [5.41, 5.74) is 3.58. The van der Waals surface area contributed by atoms with E-state index < -0.39 is 9.05 Å². The van der Waals surface area contributed by atoms with E-state index in [9.17, 15) is 8.42 Å². The van der Waals surface area contributed by atoms with E-state index in [0.29, 0.717) is 13.0 Å². The molecule has 0 spiro atoms. The Morgan fingerprint density at radius 1 is 1.35 bits per heavy atom. The maximum Gasteiger partial charge on any atom is 0.264 e. The number of hydrogen-bond donors (Lipinski definition) is 0. The lowest BCUT2D eigenvalue weighted by Gasteiger charge is -2.10. The summed E-state index contributed by atoms with van der Waals surface area (Å²) in [6.45, 7) is 4.12. The number of ether oxygens (including phenoxy) is 1. The maximum atomic E-state index is 11.5. The van der Waals surface area contributed by atoms with E-state index in [4.69, 9.17) is 15.4 Å². The van der Waals surface area contributed by atoms with E-state index in [1.165, 1.54) is 6.07 Å². The van der Waals surface area contributed by atoms with Crippen molar-refractivity contribution in [2.75, 3.05) is 6.61 Å². The molecule has 1 heterocycles. The van der Waals surface area contributed by atoms with Gasteiger partial charge in [-0.25, -0.2) is 13.4 Å². The second-order valence-electron chi connectivity index (χ2n) is 4.35. The summed E-state index contributed by atoms with van der Waals surface area (Å²) in [4.78, 5) is 5.30. The summed E-state index contributed by atoms with van der Waals surface area (Å²) >= 11 is 1.56. The van der Waals surface area contributed by atoms with Crippen LogP contribution in [0.3, 0.4) is 0 Å². The highest BCUT2D eigenvalue weighted by atomic mass is 35.7. The number of benzene rings is 1. The molecule has 0 saturated carbocycles. The largest absolute Gasteiger partial charge is 0.492 e. The lowest BCUT2D eigenvalue weighted by Crippen LogP contribution is -2.05. The average molecular weight is 332 g/mol. The Morgan fingerprint density at radius 2 is 2.10 bits per heavy atom. The van der Waals surface area contributed by atoms with E-state index in [1.807, 2.05) is 6.92 Å². The van der Waals surface area contributed by atoms with Crippen molar-refractivity contribution < 1.29 is 13.2 Å². The number of rotatable bonds is 5. The van der Waals surface area contributed by atoms with E-state index in [-0.39, 0.29) is 10.6 Å². The van der Waals surface area contributed by atoms with Crippen molar-refractivity contribution in [2.45, 2.75) is 25.2 Å². The van der Waals surface area contributed by atoms with Crippen molar-refractivity contribution in [3.05, 3.63) is 39.8 Å². The predicted molar refractivity (Wildman–Crippen MR) is 80.3 cm³/mol. The van der Waals surface area contributed by atoms with Gasteiger partial charge in [0.25, 0.3) is 9.05 Å². The molecule has 2 rings (SSSR count). The van der Waals surface area contributed by atoms with Crippen LogP contribution in [0.25, 0.3) is 0 Å². The van der Waals surface area contributed by atoms with Crippen LogP contribution in [0.1, 0.15) is 16.1 Å². The SMILES string of the molecule is Cc1ccc(OCCc2scnc2C)c(S(=O)(=O)Cl)c1. The number of halogens is 1. The molecule has 0 atom stereocenters. The van der Waals surface area contributed by atoms with E-state index in [0.717, 1.165) is 16.1 Å². The Hall–Kier alpha value is -1.11. The van der Waals surface area contributed by atoms with Gasteiger partial charge in [0.1, 0.15) is 10.6 Å². The zero-order valence-corrected chi connectivity index (χ0v) is 13.5. The minimum absolute atomic E-state index is 0.0141. The molecular weight excluding hydrogens is 318 g/mol. The van der Waals surface area contributed by atoms with Crippen LogP contribution in [0.2, 0.25) is 0 Å². The topological polar surface area (TPSA) is 56.3 Å². The van der Waals surface area contributed by atoms with Gasteiger partial charge in [0.2, 0.25) is 0 Å². The lowest BCUT2D eigenvalue weighted by atomic mass is 10.2. The molecule has 1 aromatic carbocycles. The fraction of sp³-hybridized carbons (Fsp3) is 0.308. The molecule has 0 aliphatic carbocycles. The number of aromatic nitrogens is 1. The maximum absolute atomic E-state index is 11.5. The highest BCUT2D eigenvalue weighted by Gasteiger charge is 2.17. The van der Waals surface area contributed by atoms with Crippen molar-refractivity contribution in [3.8, 4) is 5.75 Å². The highest BCUT2D eigenvalue weighted by Crippen LogP contribution is 2.28. The number of nitrogens with zero attached hydrogens (tertiary/aromatic N) is 1. The van der Waals surface area contributed by atoms with Crippen LogP contribution in [0.4, 0.5) is 0 Å². The molecule has 2 aromatic rings. The minimum atomic E-state index is -3.81. The van der Waals surface area contributed by atoms with Gasteiger partial charge in [-0.3, -0.25) is 0 Å². The lowest BCUT2D eigenvalue weighted by molar-refractivity contribution is 0.314. The second kappa shape index (κ2) is 6.11. The Morgan fingerprint density at radius 3 is 2.70 bits per heavy atom. The van der Waals surface area contributed by atoms with Crippen molar-refractivity contribution in [3.63, 3.8) is 0 Å². The van der Waals surface area contributed by atoms with Gasteiger partial charge >= 0.3 is 0 Å². The smallest absolute Gasteiger partial charge is 0.264 e. The van der Waals surface area contributed by atoms with Gasteiger partial charge in [0.15, 0.2) is 0 Å². The number of aryl methyl sites for hydroxylation is 2. The summed E-state index contributed by atoms with van der Waals surface area (Å²) in [5, 5.41) is 0. The van der Waals surface area contributed by atoms with Crippen LogP contribution in [0.5, 0.6) is 5.75 Å². The normalized spacial score (nSPS) is 11.6. The molecule has 0 amide bonds. The first-order valence-electron chi connectivity index (χ1n) is 5.95. The molecule has 7 heteroatoms. The summed E-state index contributed by atoms with van der Waals surface area (Å²) in [6.07, 6.45) is 0.687. The fourth-order valence-corrected chi connectivity index (χ4v) is 3.56. The zero-order valence-electron chi connectivity index (χ0n) is 11.1. The Bertz CT molecular complexity index is 710.